The van der Waals surface area contributed by atoms with E-state index in [-0.39, 0.29) is 6.10 Å². The maximum absolute atomic E-state index is 5.75. The molecule has 1 fully saturated rings. The van der Waals surface area contributed by atoms with Crippen LogP contribution in [0.1, 0.15) is 39.3 Å². The molecule has 0 aromatic heterocycles. The van der Waals surface area contributed by atoms with Crippen molar-refractivity contribution in [3.8, 4) is 5.75 Å². The molecule has 20 heavy (non-hydrogen) atoms. The van der Waals surface area contributed by atoms with Crippen molar-refractivity contribution in [1.82, 2.24) is 16.2 Å². The zero-order valence-corrected chi connectivity index (χ0v) is 12.9. The van der Waals surface area contributed by atoms with Crippen LogP contribution in [0.2, 0.25) is 0 Å². The molecule has 1 aromatic carbocycles. The quantitative estimate of drug-likeness (QED) is 0.746. The Kier molecular flexibility index (Phi) is 5.40. The van der Waals surface area contributed by atoms with E-state index in [1.165, 1.54) is 5.56 Å². The van der Waals surface area contributed by atoms with Crippen LogP contribution in [-0.2, 0) is 0 Å². The Bertz CT molecular complexity index is 422. The second-order valence-corrected chi connectivity index (χ2v) is 5.94. The average Bonchev–Trinajstić information content (AvgIpc) is 2.81. The molecule has 1 aliphatic rings. The van der Waals surface area contributed by atoms with E-state index in [4.69, 9.17) is 4.74 Å². The van der Waals surface area contributed by atoms with Gasteiger partial charge in [-0.3, -0.25) is 10.9 Å². The van der Waals surface area contributed by atoms with Crippen molar-refractivity contribution >= 4 is 0 Å². The molecule has 1 saturated heterocycles. The summed E-state index contributed by atoms with van der Waals surface area (Å²) in [5.41, 5.74) is 7.73. The van der Waals surface area contributed by atoms with E-state index >= 15 is 0 Å². The lowest BCUT2D eigenvalue weighted by Crippen LogP contribution is -2.33. The highest BCUT2D eigenvalue weighted by atomic mass is 16.5. The van der Waals surface area contributed by atoms with E-state index in [1.807, 2.05) is 6.07 Å². The molecule has 1 aromatic rings. The summed E-state index contributed by atoms with van der Waals surface area (Å²) >= 11 is 0. The van der Waals surface area contributed by atoms with Gasteiger partial charge in [0.1, 0.15) is 5.75 Å². The number of rotatable bonds is 6. The van der Waals surface area contributed by atoms with Crippen molar-refractivity contribution in [3.05, 3.63) is 29.8 Å². The van der Waals surface area contributed by atoms with E-state index in [1.54, 1.807) is 0 Å². The van der Waals surface area contributed by atoms with Crippen LogP contribution < -0.4 is 20.9 Å². The van der Waals surface area contributed by atoms with Crippen LogP contribution >= 0.6 is 0 Å². The van der Waals surface area contributed by atoms with Gasteiger partial charge in [-0.2, -0.15) is 0 Å². The average molecular weight is 277 g/mol. The lowest BCUT2D eigenvalue weighted by Gasteiger charge is -2.20. The highest BCUT2D eigenvalue weighted by molar-refractivity contribution is 5.30. The van der Waals surface area contributed by atoms with Crippen molar-refractivity contribution in [3.63, 3.8) is 0 Å². The summed E-state index contributed by atoms with van der Waals surface area (Å²) in [6.45, 7) is 10.6. The topological polar surface area (TPSA) is 45.3 Å². The van der Waals surface area contributed by atoms with Crippen molar-refractivity contribution in [1.29, 1.82) is 0 Å². The smallest absolute Gasteiger partial charge is 0.120 e. The zero-order valence-electron chi connectivity index (χ0n) is 12.9. The third-order valence-corrected chi connectivity index (χ3v) is 3.82. The molecule has 3 unspecified atom stereocenters. The Morgan fingerprint density at radius 2 is 2.15 bits per heavy atom. The number of nitrogens with one attached hydrogen (secondary N) is 3. The van der Waals surface area contributed by atoms with Gasteiger partial charge in [-0.15, -0.1) is 0 Å². The molecule has 0 saturated carbocycles. The molecular formula is C16H27N3O. The number of hydrogen-bond acceptors (Lipinski definition) is 4. The maximum Gasteiger partial charge on any atom is 0.120 e. The molecule has 2 rings (SSSR count). The maximum atomic E-state index is 5.75. The predicted molar refractivity (Wildman–Crippen MR) is 82.7 cm³/mol. The minimum absolute atomic E-state index is 0.213. The van der Waals surface area contributed by atoms with Gasteiger partial charge in [0.15, 0.2) is 0 Å². The number of hydrogen-bond donors (Lipinski definition) is 3. The second kappa shape index (κ2) is 7.07. The lowest BCUT2D eigenvalue weighted by molar-refractivity contribution is 0.242. The molecule has 0 radical (unpaired) electrons. The Hall–Kier alpha value is -1.10. The van der Waals surface area contributed by atoms with Gasteiger partial charge in [-0.05, 0) is 45.4 Å². The molecule has 0 bridgehead atoms. The standard InChI is InChI=1S/C16H27N3O/c1-11(2)20-16-7-5-6-14(8-16)12(3)17-9-15-10-18-19-13(15)4/h5-8,11-13,15,17-19H,9-10H2,1-4H3. The number of hydrazine groups is 1. The number of ether oxygens (including phenoxy) is 1. The fourth-order valence-electron chi connectivity index (χ4n) is 2.47. The number of benzene rings is 1. The van der Waals surface area contributed by atoms with Gasteiger partial charge in [0, 0.05) is 31.1 Å². The minimum atomic E-state index is 0.213. The van der Waals surface area contributed by atoms with Gasteiger partial charge in [0.05, 0.1) is 6.10 Å². The van der Waals surface area contributed by atoms with Gasteiger partial charge in [0.25, 0.3) is 0 Å². The van der Waals surface area contributed by atoms with Crippen molar-refractivity contribution in [2.45, 2.75) is 45.9 Å². The normalized spacial score (nSPS) is 24.1. The van der Waals surface area contributed by atoms with Crippen LogP contribution in [0, 0.1) is 5.92 Å². The summed E-state index contributed by atoms with van der Waals surface area (Å²) in [7, 11) is 0. The molecule has 4 nitrogen and oxygen atoms in total. The Labute approximate surface area is 122 Å². The van der Waals surface area contributed by atoms with Gasteiger partial charge in [-0.25, -0.2) is 0 Å². The molecule has 1 aliphatic heterocycles. The SMILES string of the molecule is CC(C)Oc1cccc(C(C)NCC2CNNC2C)c1. The van der Waals surface area contributed by atoms with Crippen LogP contribution in [0.25, 0.3) is 0 Å². The third kappa shape index (κ3) is 4.20. The highest BCUT2D eigenvalue weighted by Crippen LogP contribution is 2.20. The predicted octanol–water partition coefficient (Wildman–Crippen LogP) is 2.24. The van der Waals surface area contributed by atoms with E-state index in [0.29, 0.717) is 18.0 Å². The molecule has 3 N–H and O–H groups in total. The summed E-state index contributed by atoms with van der Waals surface area (Å²) in [6.07, 6.45) is 0.213. The van der Waals surface area contributed by atoms with Crippen LogP contribution in [0.4, 0.5) is 0 Å². The summed E-state index contributed by atoms with van der Waals surface area (Å²) in [4.78, 5) is 0. The molecule has 4 heteroatoms. The molecule has 1 heterocycles. The molecule has 0 aliphatic carbocycles. The summed E-state index contributed by atoms with van der Waals surface area (Å²) in [5.74, 6) is 1.58. The van der Waals surface area contributed by atoms with E-state index in [9.17, 15) is 0 Å². The van der Waals surface area contributed by atoms with Crippen LogP contribution in [0.5, 0.6) is 5.75 Å². The van der Waals surface area contributed by atoms with Gasteiger partial charge >= 0.3 is 0 Å². The van der Waals surface area contributed by atoms with E-state index in [2.05, 4.69) is 62.1 Å². The summed E-state index contributed by atoms with van der Waals surface area (Å²) in [5, 5.41) is 3.62. The third-order valence-electron chi connectivity index (χ3n) is 3.82. The van der Waals surface area contributed by atoms with Crippen LogP contribution in [0.15, 0.2) is 24.3 Å². The van der Waals surface area contributed by atoms with Crippen LogP contribution in [-0.4, -0.2) is 25.2 Å². The Morgan fingerprint density at radius 3 is 2.80 bits per heavy atom. The molecule has 0 amide bonds. The first kappa shape index (κ1) is 15.3. The lowest BCUT2D eigenvalue weighted by atomic mass is 10.0. The van der Waals surface area contributed by atoms with Crippen molar-refractivity contribution in [2.24, 2.45) is 5.92 Å². The van der Waals surface area contributed by atoms with Gasteiger partial charge < -0.3 is 10.1 Å². The monoisotopic (exact) mass is 277 g/mol. The van der Waals surface area contributed by atoms with E-state index < -0.39 is 0 Å². The van der Waals surface area contributed by atoms with Crippen molar-refractivity contribution < 1.29 is 4.74 Å². The second-order valence-electron chi connectivity index (χ2n) is 5.94. The van der Waals surface area contributed by atoms with E-state index in [0.717, 1.165) is 18.8 Å². The zero-order chi connectivity index (χ0) is 14.5. The Balaban J connectivity index is 1.89. The largest absolute Gasteiger partial charge is 0.491 e. The Morgan fingerprint density at radius 1 is 1.35 bits per heavy atom. The van der Waals surface area contributed by atoms with Crippen molar-refractivity contribution in [2.75, 3.05) is 13.1 Å². The molecule has 3 atom stereocenters. The molecule has 112 valence electrons. The molecular weight excluding hydrogens is 250 g/mol. The summed E-state index contributed by atoms with van der Waals surface area (Å²) in [6, 6.07) is 9.21. The fourth-order valence-corrected chi connectivity index (χ4v) is 2.47. The first-order chi connectivity index (χ1) is 9.56. The molecule has 0 spiro atoms. The van der Waals surface area contributed by atoms with Gasteiger partial charge in [0.2, 0.25) is 0 Å². The van der Waals surface area contributed by atoms with Gasteiger partial charge in [-0.1, -0.05) is 12.1 Å². The fraction of sp³-hybridized carbons (Fsp3) is 0.625. The first-order valence-electron chi connectivity index (χ1n) is 7.54. The van der Waals surface area contributed by atoms with Crippen LogP contribution in [0.3, 0.4) is 0 Å². The highest BCUT2D eigenvalue weighted by Gasteiger charge is 2.22. The first-order valence-corrected chi connectivity index (χ1v) is 7.54. The minimum Gasteiger partial charge on any atom is -0.491 e. The summed E-state index contributed by atoms with van der Waals surface area (Å²) < 4.78 is 5.75.